The zero-order valence-corrected chi connectivity index (χ0v) is 24.7. The highest BCUT2D eigenvalue weighted by molar-refractivity contribution is 6.15. The van der Waals surface area contributed by atoms with E-state index in [0.717, 1.165) is 12.8 Å². The van der Waals surface area contributed by atoms with Crippen LogP contribution in [0, 0.1) is 5.92 Å². The Balaban J connectivity index is 1.46. The third kappa shape index (κ3) is 7.57. The van der Waals surface area contributed by atoms with Gasteiger partial charge in [0.15, 0.2) is 0 Å². The molecule has 1 aliphatic rings. The summed E-state index contributed by atoms with van der Waals surface area (Å²) in [5.41, 5.74) is 2.16. The highest BCUT2D eigenvalue weighted by Crippen LogP contribution is 2.23. The van der Waals surface area contributed by atoms with Crippen LogP contribution in [0.25, 0.3) is 11.0 Å². The van der Waals surface area contributed by atoms with Gasteiger partial charge in [-0.3, -0.25) is 9.68 Å². The molecule has 0 atom stereocenters. The van der Waals surface area contributed by atoms with E-state index >= 15 is 0 Å². The summed E-state index contributed by atoms with van der Waals surface area (Å²) in [4.78, 5) is 49.5. The van der Waals surface area contributed by atoms with Gasteiger partial charge < -0.3 is 14.6 Å². The van der Waals surface area contributed by atoms with E-state index in [1.54, 1.807) is 48.5 Å². The van der Waals surface area contributed by atoms with Crippen LogP contribution in [0.5, 0.6) is 0 Å². The number of fused-ring (bicyclic) bond motifs is 1. The zero-order chi connectivity index (χ0) is 30.9. The maximum Gasteiger partial charge on any atom is 0.435 e. The third-order valence-corrected chi connectivity index (χ3v) is 7.42. The predicted molar refractivity (Wildman–Crippen MR) is 168 cm³/mol. The average Bonchev–Trinajstić information content (AvgIpc) is 3.05. The van der Waals surface area contributed by atoms with Crippen molar-refractivity contribution in [3.05, 3.63) is 118 Å². The molecule has 1 fully saturated rings. The summed E-state index contributed by atoms with van der Waals surface area (Å²) in [6.07, 6.45) is 4.50. The largest absolute Gasteiger partial charge is 0.435 e. The average molecular weight is 595 g/mol. The molecular formula is C34H34N4O6. The number of nitrogens with zero attached hydrogens (tertiary/aromatic N) is 3. The van der Waals surface area contributed by atoms with E-state index < -0.39 is 17.8 Å². The van der Waals surface area contributed by atoms with Crippen molar-refractivity contribution in [2.75, 3.05) is 20.6 Å². The van der Waals surface area contributed by atoms with E-state index in [0.29, 0.717) is 45.8 Å². The van der Waals surface area contributed by atoms with E-state index in [9.17, 15) is 14.4 Å². The van der Waals surface area contributed by atoms with Crippen molar-refractivity contribution in [2.45, 2.75) is 32.1 Å². The molecule has 5 rings (SSSR count). The van der Waals surface area contributed by atoms with Gasteiger partial charge in [0.05, 0.1) is 5.56 Å². The van der Waals surface area contributed by atoms with E-state index in [1.807, 2.05) is 36.4 Å². The number of amides is 2. The standard InChI is InChI=1S/C34H34N4O6/c1-38(2)34(41)44-37-31(25-16-10-5-11-17-25)28-20-26-18-19-27(21-29(26)42-32(28)39)30(24-14-8-4-9-15-24)36-43-33(40)35-22-23-12-6-3-7-13-23/h4-5,8-11,14-21,23H,3,6-7,12-13,22H2,1-2H3,(H,35,40)/b36-30+,37-31+. The van der Waals surface area contributed by atoms with E-state index in [1.165, 1.54) is 38.3 Å². The van der Waals surface area contributed by atoms with Gasteiger partial charge in [-0.25, -0.2) is 14.4 Å². The van der Waals surface area contributed by atoms with Crippen LogP contribution < -0.4 is 10.9 Å². The molecule has 0 bridgehead atoms. The van der Waals surface area contributed by atoms with Crippen LogP contribution in [-0.4, -0.2) is 49.1 Å². The predicted octanol–water partition coefficient (Wildman–Crippen LogP) is 6.30. The topological polar surface area (TPSA) is 123 Å². The van der Waals surface area contributed by atoms with Crippen molar-refractivity contribution in [3.63, 3.8) is 0 Å². The summed E-state index contributed by atoms with van der Waals surface area (Å²) < 4.78 is 5.75. The van der Waals surface area contributed by atoms with Crippen LogP contribution in [0.2, 0.25) is 0 Å². The van der Waals surface area contributed by atoms with Gasteiger partial charge in [0.1, 0.15) is 17.0 Å². The molecule has 226 valence electrons. The first kappa shape index (κ1) is 30.2. The molecule has 1 aliphatic carbocycles. The Bertz CT molecular complexity index is 1730. The molecule has 1 N–H and O–H groups in total. The lowest BCUT2D eigenvalue weighted by atomic mass is 9.89. The summed E-state index contributed by atoms with van der Waals surface area (Å²) >= 11 is 0. The molecule has 0 spiro atoms. The molecule has 44 heavy (non-hydrogen) atoms. The number of carbonyl (C=O) groups excluding carboxylic acids is 2. The first-order chi connectivity index (χ1) is 21.4. The van der Waals surface area contributed by atoms with Gasteiger partial charge in [0.2, 0.25) is 0 Å². The first-order valence-corrected chi connectivity index (χ1v) is 14.6. The molecule has 3 aromatic carbocycles. The molecule has 10 nitrogen and oxygen atoms in total. The molecule has 0 aliphatic heterocycles. The van der Waals surface area contributed by atoms with Crippen molar-refractivity contribution in [2.24, 2.45) is 16.2 Å². The van der Waals surface area contributed by atoms with Crippen molar-refractivity contribution in [1.29, 1.82) is 0 Å². The molecule has 1 saturated carbocycles. The Hall–Kier alpha value is -5.25. The van der Waals surface area contributed by atoms with Crippen LogP contribution in [0.15, 0.2) is 104 Å². The van der Waals surface area contributed by atoms with E-state index in [2.05, 4.69) is 15.6 Å². The summed E-state index contributed by atoms with van der Waals surface area (Å²) in [5.74, 6) is 0.453. The lowest BCUT2D eigenvalue weighted by Crippen LogP contribution is -2.30. The SMILES string of the molecule is CN(C)C(=O)O/N=C(\c1ccccc1)c1cc2ccc(/C(=N/OC(=O)NCC3CCCCC3)c3ccccc3)cc2oc1=O. The minimum absolute atomic E-state index is 0.123. The lowest BCUT2D eigenvalue weighted by Gasteiger charge is -2.21. The van der Waals surface area contributed by atoms with Crippen LogP contribution in [-0.2, 0) is 9.68 Å². The van der Waals surface area contributed by atoms with Crippen molar-refractivity contribution in [3.8, 4) is 0 Å². The van der Waals surface area contributed by atoms with Gasteiger partial charge in [-0.05, 0) is 30.9 Å². The molecule has 2 amide bonds. The third-order valence-electron chi connectivity index (χ3n) is 7.42. The van der Waals surface area contributed by atoms with Gasteiger partial charge >= 0.3 is 17.8 Å². The van der Waals surface area contributed by atoms with Crippen LogP contribution in [0.1, 0.15) is 54.4 Å². The van der Waals surface area contributed by atoms with E-state index in [-0.39, 0.29) is 11.3 Å². The Morgan fingerprint density at radius 3 is 2.11 bits per heavy atom. The minimum Gasteiger partial charge on any atom is -0.422 e. The Morgan fingerprint density at radius 1 is 0.818 bits per heavy atom. The second-order valence-corrected chi connectivity index (χ2v) is 10.8. The van der Waals surface area contributed by atoms with Crippen LogP contribution in [0.3, 0.4) is 0 Å². The summed E-state index contributed by atoms with van der Waals surface area (Å²) in [6, 6.07) is 25.1. The van der Waals surface area contributed by atoms with Gasteiger partial charge in [-0.15, -0.1) is 0 Å². The fourth-order valence-electron chi connectivity index (χ4n) is 5.05. The fourth-order valence-corrected chi connectivity index (χ4v) is 5.05. The van der Waals surface area contributed by atoms with Gasteiger partial charge in [0, 0.05) is 42.7 Å². The van der Waals surface area contributed by atoms with Crippen LogP contribution in [0.4, 0.5) is 9.59 Å². The number of rotatable bonds is 8. The molecule has 0 radical (unpaired) electrons. The van der Waals surface area contributed by atoms with Gasteiger partial charge in [-0.1, -0.05) is 102 Å². The summed E-state index contributed by atoms with van der Waals surface area (Å²) in [6.45, 7) is 0.557. The summed E-state index contributed by atoms with van der Waals surface area (Å²) in [7, 11) is 3.06. The minimum atomic E-state index is -0.689. The number of benzene rings is 3. The quantitative estimate of drug-likeness (QED) is 0.111. The number of nitrogens with one attached hydrogen (secondary N) is 1. The van der Waals surface area contributed by atoms with Crippen molar-refractivity contribution < 1.29 is 23.7 Å². The maximum absolute atomic E-state index is 13.3. The number of oxime groups is 2. The normalized spacial score (nSPS) is 14.2. The molecule has 4 aromatic rings. The smallest absolute Gasteiger partial charge is 0.422 e. The molecule has 0 saturated heterocycles. The van der Waals surface area contributed by atoms with Crippen molar-refractivity contribution >= 4 is 34.6 Å². The van der Waals surface area contributed by atoms with Gasteiger partial charge in [0.25, 0.3) is 0 Å². The Kier molecular flexibility index (Phi) is 9.81. The van der Waals surface area contributed by atoms with Crippen molar-refractivity contribution in [1.82, 2.24) is 10.2 Å². The van der Waals surface area contributed by atoms with Crippen LogP contribution >= 0.6 is 0 Å². The lowest BCUT2D eigenvalue weighted by molar-refractivity contribution is 0.122. The second kappa shape index (κ2) is 14.3. The molecule has 0 unspecified atom stereocenters. The Morgan fingerprint density at radius 2 is 1.45 bits per heavy atom. The second-order valence-electron chi connectivity index (χ2n) is 10.8. The number of hydrogen-bond donors (Lipinski definition) is 1. The molecular weight excluding hydrogens is 560 g/mol. The maximum atomic E-state index is 13.3. The van der Waals surface area contributed by atoms with Gasteiger partial charge in [-0.2, -0.15) is 0 Å². The summed E-state index contributed by atoms with van der Waals surface area (Å²) in [5, 5.41) is 11.7. The highest BCUT2D eigenvalue weighted by atomic mass is 16.7. The van der Waals surface area contributed by atoms with E-state index in [4.69, 9.17) is 14.1 Å². The number of hydrogen-bond acceptors (Lipinski definition) is 8. The highest BCUT2D eigenvalue weighted by Gasteiger charge is 2.19. The Labute approximate surface area is 254 Å². The first-order valence-electron chi connectivity index (χ1n) is 14.6. The molecule has 10 heteroatoms. The number of carbonyl (C=O) groups is 2. The molecule has 1 aromatic heterocycles. The molecule has 1 heterocycles. The fraction of sp³-hybridized carbons (Fsp3) is 0.265. The zero-order valence-electron chi connectivity index (χ0n) is 24.7. The monoisotopic (exact) mass is 594 g/mol.